The standard InChI is InChI=1S/C21H20N2O4/c24-20(12-14-26-18-5-2-1-3-6-18)22-15-16-8-10-17(11-9-16)23-21(25)19-7-4-13-27-19/h1-11,13H,12,14-15H2,(H,22,24)(H,23,25). The third kappa shape index (κ3) is 5.74. The highest BCUT2D eigenvalue weighted by Gasteiger charge is 2.08. The Morgan fingerprint density at radius 1 is 0.926 bits per heavy atom. The van der Waals surface area contributed by atoms with Crippen molar-refractivity contribution in [2.24, 2.45) is 0 Å². The van der Waals surface area contributed by atoms with E-state index in [0.29, 0.717) is 18.8 Å². The summed E-state index contributed by atoms with van der Waals surface area (Å²) in [5.74, 6) is 0.613. The van der Waals surface area contributed by atoms with E-state index < -0.39 is 0 Å². The van der Waals surface area contributed by atoms with Gasteiger partial charge in [-0.1, -0.05) is 30.3 Å². The smallest absolute Gasteiger partial charge is 0.291 e. The van der Waals surface area contributed by atoms with Crippen LogP contribution in [0.15, 0.2) is 77.4 Å². The second-order valence-corrected chi connectivity index (χ2v) is 5.82. The molecule has 3 aromatic rings. The molecule has 2 amide bonds. The van der Waals surface area contributed by atoms with Gasteiger partial charge in [-0.3, -0.25) is 9.59 Å². The van der Waals surface area contributed by atoms with E-state index in [1.54, 1.807) is 24.3 Å². The van der Waals surface area contributed by atoms with Crippen molar-refractivity contribution in [1.82, 2.24) is 5.32 Å². The molecule has 0 saturated heterocycles. The molecule has 0 saturated carbocycles. The summed E-state index contributed by atoms with van der Waals surface area (Å²) < 4.78 is 10.6. The minimum atomic E-state index is -0.306. The topological polar surface area (TPSA) is 80.6 Å². The maximum Gasteiger partial charge on any atom is 0.291 e. The van der Waals surface area contributed by atoms with Gasteiger partial charge >= 0.3 is 0 Å². The van der Waals surface area contributed by atoms with Crippen LogP contribution in [0.25, 0.3) is 0 Å². The van der Waals surface area contributed by atoms with Crippen molar-refractivity contribution in [3.8, 4) is 5.75 Å². The van der Waals surface area contributed by atoms with Gasteiger partial charge in [-0.05, 0) is 42.0 Å². The molecule has 1 aromatic heterocycles. The van der Waals surface area contributed by atoms with Gasteiger partial charge in [0.2, 0.25) is 5.91 Å². The largest absolute Gasteiger partial charge is 0.493 e. The molecule has 2 N–H and O–H groups in total. The molecule has 0 spiro atoms. The first-order valence-corrected chi connectivity index (χ1v) is 8.59. The van der Waals surface area contributed by atoms with Gasteiger partial charge in [0.1, 0.15) is 5.75 Å². The number of ether oxygens (including phenoxy) is 1. The molecule has 2 aromatic carbocycles. The second kappa shape index (κ2) is 9.24. The Kier molecular flexibility index (Phi) is 6.25. The van der Waals surface area contributed by atoms with Gasteiger partial charge in [0.15, 0.2) is 5.76 Å². The lowest BCUT2D eigenvalue weighted by Gasteiger charge is -2.08. The van der Waals surface area contributed by atoms with Crippen LogP contribution in [0.4, 0.5) is 5.69 Å². The maximum atomic E-state index is 11.9. The number of nitrogens with one attached hydrogen (secondary N) is 2. The fourth-order valence-electron chi connectivity index (χ4n) is 2.37. The van der Waals surface area contributed by atoms with Crippen LogP contribution in [0.5, 0.6) is 5.75 Å². The van der Waals surface area contributed by atoms with Gasteiger partial charge in [-0.15, -0.1) is 0 Å². The van der Waals surface area contributed by atoms with Gasteiger partial charge in [0.25, 0.3) is 5.91 Å². The van der Waals surface area contributed by atoms with Crippen molar-refractivity contribution in [3.05, 3.63) is 84.3 Å². The highest BCUT2D eigenvalue weighted by molar-refractivity contribution is 6.02. The Morgan fingerprint density at radius 2 is 1.70 bits per heavy atom. The van der Waals surface area contributed by atoms with Gasteiger partial charge in [-0.2, -0.15) is 0 Å². The number of benzene rings is 2. The van der Waals surface area contributed by atoms with Crippen LogP contribution in [0, 0.1) is 0 Å². The highest BCUT2D eigenvalue weighted by atomic mass is 16.5. The Hall–Kier alpha value is -3.54. The Morgan fingerprint density at radius 3 is 2.41 bits per heavy atom. The first kappa shape index (κ1) is 18.3. The van der Waals surface area contributed by atoms with E-state index in [4.69, 9.17) is 9.15 Å². The predicted octanol–water partition coefficient (Wildman–Crippen LogP) is 3.62. The molecule has 0 aliphatic rings. The third-order valence-electron chi connectivity index (χ3n) is 3.79. The van der Waals surface area contributed by atoms with E-state index in [1.807, 2.05) is 42.5 Å². The second-order valence-electron chi connectivity index (χ2n) is 5.82. The molecule has 6 heteroatoms. The minimum absolute atomic E-state index is 0.0823. The first-order chi connectivity index (χ1) is 13.2. The zero-order chi connectivity index (χ0) is 18.9. The lowest BCUT2D eigenvalue weighted by molar-refractivity contribution is -0.121. The number of carbonyl (C=O) groups excluding carboxylic acids is 2. The van der Waals surface area contributed by atoms with Crippen molar-refractivity contribution in [3.63, 3.8) is 0 Å². The average Bonchev–Trinajstić information content (AvgIpc) is 3.23. The molecular weight excluding hydrogens is 344 g/mol. The number of para-hydroxylation sites is 1. The molecule has 3 rings (SSSR count). The van der Waals surface area contributed by atoms with Crippen LogP contribution < -0.4 is 15.4 Å². The van der Waals surface area contributed by atoms with Crippen LogP contribution in [-0.2, 0) is 11.3 Å². The number of hydrogen-bond acceptors (Lipinski definition) is 4. The summed E-state index contributed by atoms with van der Waals surface area (Å²) in [6.45, 7) is 0.740. The lowest BCUT2D eigenvalue weighted by Crippen LogP contribution is -2.24. The quantitative estimate of drug-likeness (QED) is 0.640. The maximum absolute atomic E-state index is 11.9. The van der Waals surface area contributed by atoms with Crippen molar-refractivity contribution in [1.29, 1.82) is 0 Å². The molecule has 0 bridgehead atoms. The lowest BCUT2D eigenvalue weighted by atomic mass is 10.2. The monoisotopic (exact) mass is 364 g/mol. The molecule has 0 aliphatic carbocycles. The van der Waals surface area contributed by atoms with Crippen molar-refractivity contribution >= 4 is 17.5 Å². The number of carbonyl (C=O) groups is 2. The van der Waals surface area contributed by atoms with E-state index in [-0.39, 0.29) is 24.0 Å². The summed E-state index contributed by atoms with van der Waals surface area (Å²) in [5.41, 5.74) is 1.59. The van der Waals surface area contributed by atoms with E-state index >= 15 is 0 Å². The summed E-state index contributed by atoms with van der Waals surface area (Å²) in [6, 6.07) is 19.9. The molecule has 0 radical (unpaired) electrons. The number of hydrogen-bond donors (Lipinski definition) is 2. The third-order valence-corrected chi connectivity index (χ3v) is 3.79. The molecule has 6 nitrogen and oxygen atoms in total. The average molecular weight is 364 g/mol. The number of furan rings is 1. The first-order valence-electron chi connectivity index (χ1n) is 8.59. The van der Waals surface area contributed by atoms with Gasteiger partial charge in [-0.25, -0.2) is 0 Å². The van der Waals surface area contributed by atoms with Crippen molar-refractivity contribution in [2.75, 3.05) is 11.9 Å². The predicted molar refractivity (Wildman–Crippen MR) is 102 cm³/mol. The molecule has 1 heterocycles. The Balaban J connectivity index is 1.39. The Bertz CT molecular complexity index is 859. The number of amides is 2. The fraction of sp³-hybridized carbons (Fsp3) is 0.143. The van der Waals surface area contributed by atoms with Crippen LogP contribution in [-0.4, -0.2) is 18.4 Å². The van der Waals surface area contributed by atoms with E-state index in [1.165, 1.54) is 6.26 Å². The Labute approximate surface area is 157 Å². The van der Waals surface area contributed by atoms with Crippen molar-refractivity contribution < 1.29 is 18.7 Å². The molecule has 0 atom stereocenters. The van der Waals surface area contributed by atoms with Gasteiger partial charge in [0.05, 0.1) is 19.3 Å². The summed E-state index contributed by atoms with van der Waals surface area (Å²) in [6.07, 6.45) is 1.73. The van der Waals surface area contributed by atoms with E-state index in [9.17, 15) is 9.59 Å². The zero-order valence-corrected chi connectivity index (χ0v) is 14.7. The molecule has 138 valence electrons. The molecular formula is C21H20N2O4. The summed E-state index contributed by atoms with van der Waals surface area (Å²) in [4.78, 5) is 23.8. The SMILES string of the molecule is O=C(CCOc1ccccc1)NCc1ccc(NC(=O)c2ccco2)cc1. The number of anilines is 1. The van der Waals surface area contributed by atoms with E-state index in [2.05, 4.69) is 10.6 Å². The van der Waals surface area contributed by atoms with Crippen LogP contribution in [0.3, 0.4) is 0 Å². The van der Waals surface area contributed by atoms with E-state index in [0.717, 1.165) is 11.3 Å². The summed E-state index contributed by atoms with van der Waals surface area (Å²) >= 11 is 0. The minimum Gasteiger partial charge on any atom is -0.493 e. The summed E-state index contributed by atoms with van der Waals surface area (Å²) in [7, 11) is 0. The van der Waals surface area contributed by atoms with Crippen molar-refractivity contribution in [2.45, 2.75) is 13.0 Å². The van der Waals surface area contributed by atoms with Gasteiger partial charge < -0.3 is 19.8 Å². The van der Waals surface area contributed by atoms with Crippen LogP contribution in [0.1, 0.15) is 22.5 Å². The highest BCUT2D eigenvalue weighted by Crippen LogP contribution is 2.12. The number of rotatable bonds is 8. The summed E-state index contributed by atoms with van der Waals surface area (Å²) in [5, 5.41) is 5.59. The van der Waals surface area contributed by atoms with Crippen LogP contribution in [0.2, 0.25) is 0 Å². The normalized spacial score (nSPS) is 10.2. The molecule has 0 fully saturated rings. The molecule has 0 aliphatic heterocycles. The molecule has 27 heavy (non-hydrogen) atoms. The van der Waals surface area contributed by atoms with Crippen LogP contribution >= 0.6 is 0 Å². The van der Waals surface area contributed by atoms with Gasteiger partial charge in [0, 0.05) is 12.2 Å². The zero-order valence-electron chi connectivity index (χ0n) is 14.7. The fourth-order valence-corrected chi connectivity index (χ4v) is 2.37. The molecule has 0 unspecified atom stereocenters.